The molecule has 1 N–H and O–H groups in total. The lowest BCUT2D eigenvalue weighted by Gasteiger charge is -2.27. The molecular formula is C12H16BrFN2O2S. The molecule has 0 saturated carbocycles. The molecule has 1 fully saturated rings. The Morgan fingerprint density at radius 3 is 2.42 bits per heavy atom. The molecule has 1 saturated heterocycles. The number of nitrogens with zero attached hydrogens (tertiary/aromatic N) is 1. The molecule has 4 nitrogen and oxygen atoms in total. The fraction of sp³-hybridized carbons (Fsp3) is 0.500. The molecule has 19 heavy (non-hydrogen) atoms. The summed E-state index contributed by atoms with van der Waals surface area (Å²) >= 11 is 3.26. The first-order chi connectivity index (χ1) is 8.99. The molecule has 0 radical (unpaired) electrons. The Hall–Kier alpha value is -0.500. The van der Waals surface area contributed by atoms with Crippen LogP contribution in [0.2, 0.25) is 0 Å². The van der Waals surface area contributed by atoms with Crippen molar-refractivity contribution in [1.82, 2.24) is 9.62 Å². The number of sulfonamides is 1. The molecule has 1 aliphatic heterocycles. The maximum absolute atomic E-state index is 14.1. The Kier molecular flexibility index (Phi) is 4.94. The fourth-order valence-corrected chi connectivity index (χ4v) is 3.76. The summed E-state index contributed by atoms with van der Waals surface area (Å²) in [6, 6.07) is 6.61. The van der Waals surface area contributed by atoms with Gasteiger partial charge >= 0.3 is 0 Å². The quantitative estimate of drug-likeness (QED) is 0.898. The molecule has 1 aromatic rings. The van der Waals surface area contributed by atoms with E-state index in [1.54, 1.807) is 24.3 Å². The predicted molar refractivity (Wildman–Crippen MR) is 76.2 cm³/mol. The van der Waals surface area contributed by atoms with E-state index in [4.69, 9.17) is 0 Å². The maximum Gasteiger partial charge on any atom is 0.217 e. The van der Waals surface area contributed by atoms with Crippen LogP contribution >= 0.6 is 15.9 Å². The second-order valence-electron chi connectivity index (χ2n) is 4.45. The molecule has 1 heterocycles. The van der Waals surface area contributed by atoms with Crippen LogP contribution in [0.3, 0.4) is 0 Å². The van der Waals surface area contributed by atoms with Gasteiger partial charge in [0.2, 0.25) is 10.0 Å². The zero-order chi connectivity index (χ0) is 13.9. The van der Waals surface area contributed by atoms with Crippen LogP contribution in [0.5, 0.6) is 0 Å². The number of halogens is 2. The average Bonchev–Trinajstić information content (AvgIpc) is 2.40. The van der Waals surface area contributed by atoms with E-state index >= 15 is 0 Å². The number of alkyl halides is 1. The van der Waals surface area contributed by atoms with Gasteiger partial charge in [0.15, 0.2) is 0 Å². The van der Waals surface area contributed by atoms with Crippen LogP contribution in [0, 0.1) is 0 Å². The molecule has 7 heteroatoms. The van der Waals surface area contributed by atoms with Crippen LogP contribution in [0.1, 0.15) is 11.7 Å². The Labute approximate surface area is 121 Å². The normalized spacial score (nSPS) is 19.3. The van der Waals surface area contributed by atoms with Crippen LogP contribution in [0.4, 0.5) is 4.39 Å². The lowest BCUT2D eigenvalue weighted by Crippen LogP contribution is -2.47. The number of rotatable bonds is 4. The van der Waals surface area contributed by atoms with Gasteiger partial charge in [-0.1, -0.05) is 28.1 Å². The highest BCUT2D eigenvalue weighted by molar-refractivity contribution is 9.10. The van der Waals surface area contributed by atoms with E-state index in [1.807, 2.05) is 0 Å². The smallest absolute Gasteiger partial charge is 0.217 e. The summed E-state index contributed by atoms with van der Waals surface area (Å²) in [5.74, 6) is -0.491. The van der Waals surface area contributed by atoms with Crippen molar-refractivity contribution >= 4 is 26.0 Å². The summed E-state index contributed by atoms with van der Waals surface area (Å²) in [6.45, 7) is 2.06. The minimum Gasteiger partial charge on any atom is -0.314 e. The Bertz CT molecular complexity index is 515. The number of benzene rings is 1. The average molecular weight is 351 g/mol. The molecule has 0 aliphatic carbocycles. The monoisotopic (exact) mass is 350 g/mol. The molecule has 0 spiro atoms. The zero-order valence-corrected chi connectivity index (χ0v) is 12.8. The molecule has 0 aromatic heterocycles. The SMILES string of the molecule is O=S(=O)(CC(F)c1ccc(Br)cc1)N1CCNCC1. The first-order valence-electron chi connectivity index (χ1n) is 6.07. The van der Waals surface area contributed by atoms with Crippen LogP contribution in [-0.4, -0.2) is 44.7 Å². The van der Waals surface area contributed by atoms with Gasteiger partial charge in [0.1, 0.15) is 6.17 Å². The summed E-state index contributed by atoms with van der Waals surface area (Å²) in [7, 11) is -3.53. The number of hydrogen-bond acceptors (Lipinski definition) is 3. The summed E-state index contributed by atoms with van der Waals surface area (Å²) in [5.41, 5.74) is 0.391. The van der Waals surface area contributed by atoms with Crippen molar-refractivity contribution < 1.29 is 12.8 Å². The highest BCUT2D eigenvalue weighted by atomic mass is 79.9. The number of nitrogens with one attached hydrogen (secondary N) is 1. The van der Waals surface area contributed by atoms with E-state index in [0.717, 1.165) is 4.47 Å². The van der Waals surface area contributed by atoms with Gasteiger partial charge in [-0.05, 0) is 17.7 Å². The van der Waals surface area contributed by atoms with Gasteiger partial charge in [-0.2, -0.15) is 4.31 Å². The third-order valence-electron chi connectivity index (χ3n) is 3.06. The highest BCUT2D eigenvalue weighted by Crippen LogP contribution is 2.23. The van der Waals surface area contributed by atoms with Crippen molar-refractivity contribution in [2.75, 3.05) is 31.9 Å². The van der Waals surface area contributed by atoms with Crippen molar-refractivity contribution in [2.45, 2.75) is 6.17 Å². The molecule has 2 rings (SSSR count). The zero-order valence-electron chi connectivity index (χ0n) is 10.4. The van der Waals surface area contributed by atoms with Crippen molar-refractivity contribution in [3.63, 3.8) is 0 Å². The Morgan fingerprint density at radius 1 is 1.26 bits per heavy atom. The Balaban J connectivity index is 2.04. The summed E-state index contributed by atoms with van der Waals surface area (Å²) in [5, 5.41) is 3.07. The number of piperazine rings is 1. The van der Waals surface area contributed by atoms with Gasteiger partial charge in [0.25, 0.3) is 0 Å². The van der Waals surface area contributed by atoms with Gasteiger partial charge in [0, 0.05) is 30.7 Å². The van der Waals surface area contributed by atoms with Crippen molar-refractivity contribution in [3.8, 4) is 0 Å². The molecule has 0 amide bonds. The minimum atomic E-state index is -3.53. The summed E-state index contributed by atoms with van der Waals surface area (Å²) in [4.78, 5) is 0. The van der Waals surface area contributed by atoms with E-state index in [1.165, 1.54) is 4.31 Å². The first kappa shape index (κ1) is 14.9. The van der Waals surface area contributed by atoms with E-state index in [0.29, 0.717) is 31.7 Å². The molecule has 106 valence electrons. The van der Waals surface area contributed by atoms with Crippen molar-refractivity contribution in [1.29, 1.82) is 0 Å². The largest absolute Gasteiger partial charge is 0.314 e. The highest BCUT2D eigenvalue weighted by Gasteiger charge is 2.27. The van der Waals surface area contributed by atoms with Crippen LogP contribution in [0.15, 0.2) is 28.7 Å². The van der Waals surface area contributed by atoms with Gasteiger partial charge in [-0.3, -0.25) is 0 Å². The molecular weight excluding hydrogens is 335 g/mol. The fourth-order valence-electron chi connectivity index (χ4n) is 1.98. The number of hydrogen-bond donors (Lipinski definition) is 1. The summed E-state index contributed by atoms with van der Waals surface area (Å²) in [6.07, 6.45) is -1.49. The van der Waals surface area contributed by atoms with Gasteiger partial charge < -0.3 is 5.32 Å². The topological polar surface area (TPSA) is 49.4 Å². The van der Waals surface area contributed by atoms with E-state index in [-0.39, 0.29) is 0 Å². The van der Waals surface area contributed by atoms with Gasteiger partial charge in [-0.25, -0.2) is 12.8 Å². The third-order valence-corrected chi connectivity index (χ3v) is 5.45. The van der Waals surface area contributed by atoms with E-state index < -0.39 is 21.9 Å². The van der Waals surface area contributed by atoms with Crippen LogP contribution in [-0.2, 0) is 10.0 Å². The van der Waals surface area contributed by atoms with Crippen LogP contribution < -0.4 is 5.32 Å². The molecule has 1 atom stereocenters. The minimum absolute atomic E-state index is 0.391. The molecule has 0 bridgehead atoms. The standard InChI is InChI=1S/C12H16BrFN2O2S/c13-11-3-1-10(2-4-11)12(14)9-19(17,18)16-7-5-15-6-8-16/h1-4,12,15H,5-9H2. The van der Waals surface area contributed by atoms with Crippen molar-refractivity contribution in [3.05, 3.63) is 34.3 Å². The van der Waals surface area contributed by atoms with Crippen LogP contribution in [0.25, 0.3) is 0 Å². The Morgan fingerprint density at radius 2 is 1.84 bits per heavy atom. The lowest BCUT2D eigenvalue weighted by atomic mass is 10.1. The second-order valence-corrected chi connectivity index (χ2v) is 7.38. The first-order valence-corrected chi connectivity index (χ1v) is 8.47. The lowest BCUT2D eigenvalue weighted by molar-refractivity contribution is 0.337. The molecule has 1 aromatic carbocycles. The molecule has 1 aliphatic rings. The van der Waals surface area contributed by atoms with E-state index in [9.17, 15) is 12.8 Å². The second kappa shape index (κ2) is 6.30. The van der Waals surface area contributed by atoms with Gasteiger partial charge in [-0.15, -0.1) is 0 Å². The van der Waals surface area contributed by atoms with Gasteiger partial charge in [0.05, 0.1) is 5.75 Å². The predicted octanol–water partition coefficient (Wildman–Crippen LogP) is 1.69. The third kappa shape index (κ3) is 3.98. The van der Waals surface area contributed by atoms with Crippen molar-refractivity contribution in [2.24, 2.45) is 0 Å². The molecule has 1 unspecified atom stereocenters. The maximum atomic E-state index is 14.1. The van der Waals surface area contributed by atoms with E-state index in [2.05, 4.69) is 21.2 Å². The summed E-state index contributed by atoms with van der Waals surface area (Å²) < 4.78 is 40.4.